The van der Waals surface area contributed by atoms with Crippen molar-refractivity contribution in [3.05, 3.63) is 217 Å². The summed E-state index contributed by atoms with van der Waals surface area (Å²) in [4.78, 5) is 62.0. The quantitative estimate of drug-likeness (QED) is 0.0399. The van der Waals surface area contributed by atoms with E-state index in [9.17, 15) is 19.2 Å². The number of urea groups is 4. The number of anilines is 8. The van der Waals surface area contributed by atoms with Crippen LogP contribution in [-0.2, 0) is 27.5 Å². The number of carbonyl (C=O) groups excluding carboxylic acids is 4. The Balaban J connectivity index is 0.000000264. The van der Waals surface area contributed by atoms with Crippen LogP contribution in [-0.4, -0.2) is 61.6 Å². The Kier molecular flexibility index (Phi) is 26.4. The van der Waals surface area contributed by atoms with Crippen molar-refractivity contribution in [2.75, 3.05) is 42.5 Å². The summed E-state index contributed by atoms with van der Waals surface area (Å²) in [6.07, 6.45) is 12.7. The van der Waals surface area contributed by atoms with Gasteiger partial charge in [-0.1, -0.05) is 0 Å². The molecule has 8 N–H and O–H groups in total. The molecule has 393 valence electrons. The first-order valence-corrected chi connectivity index (χ1v) is 23.0. The van der Waals surface area contributed by atoms with Crippen LogP contribution in [0.2, 0.25) is 0 Å². The molecule has 0 spiro atoms. The van der Waals surface area contributed by atoms with Crippen molar-refractivity contribution >= 4 is 80.0 Å². The molecule has 0 saturated carbocycles. The first kappa shape index (κ1) is 61.2. The van der Waals surface area contributed by atoms with Gasteiger partial charge in [0.05, 0.1) is 94.1 Å². The molecule has 0 atom stereocenters. The summed E-state index contributed by atoms with van der Waals surface area (Å²) in [7, 11) is -5.17. The zero-order valence-electron chi connectivity index (χ0n) is 40.0. The van der Waals surface area contributed by atoms with Gasteiger partial charge < -0.3 is 51.6 Å². The monoisotopic (exact) mass is 1110 g/mol. The third kappa shape index (κ3) is 26.0. The standard InChI is InChI=1S/4C13H10N4O.Cu.H2O4S/c4*14-8-10-3-5-11(6-4-10)16-13(18)17-12-2-1-7-15-9-12;;1-5(2,3)4/h4*1-7,9H,(H2,16,17,18);;(H2,1,2,3,4)/q;;;;+2;/p-2. The SMILES string of the molecule is N#Cc1ccc(NC(=O)Nc2cccnc2)cc1.N#Cc1ccc(NC(=O)Nc2cccnc2)cc1.N#Cc1ccc(NC(=O)Nc2cccnc2)cc1.N#Cc1ccc(NC(=O)Nc2cccnc2)cc1.O=S(=O)([O-])[O-].[Cu+2]. The van der Waals surface area contributed by atoms with Gasteiger partial charge in [-0.2, -0.15) is 21.0 Å². The second kappa shape index (κ2) is 33.6. The van der Waals surface area contributed by atoms with E-state index in [1.807, 2.05) is 24.3 Å². The summed E-state index contributed by atoms with van der Waals surface area (Å²) in [5.41, 5.74) is 7.14. The van der Waals surface area contributed by atoms with Crippen LogP contribution in [0, 0.1) is 45.3 Å². The fourth-order valence-electron chi connectivity index (χ4n) is 5.43. The third-order valence-corrected chi connectivity index (χ3v) is 8.77. The molecule has 0 bridgehead atoms. The van der Waals surface area contributed by atoms with Crippen LogP contribution in [0.5, 0.6) is 0 Å². The summed E-state index contributed by atoms with van der Waals surface area (Å²) in [6.45, 7) is 0. The molecule has 8 amide bonds. The van der Waals surface area contributed by atoms with Gasteiger partial charge in [-0.05, 0) is 146 Å². The van der Waals surface area contributed by atoms with Crippen molar-refractivity contribution in [3.8, 4) is 24.3 Å². The molecule has 24 nitrogen and oxygen atoms in total. The van der Waals surface area contributed by atoms with Crippen LogP contribution in [0.1, 0.15) is 22.3 Å². The van der Waals surface area contributed by atoms with Gasteiger partial charge in [0.2, 0.25) is 0 Å². The molecule has 0 aliphatic heterocycles. The van der Waals surface area contributed by atoms with Crippen molar-refractivity contribution in [3.63, 3.8) is 0 Å². The molecule has 78 heavy (non-hydrogen) atoms. The molecule has 4 aromatic carbocycles. The molecule has 0 unspecified atom stereocenters. The van der Waals surface area contributed by atoms with Gasteiger partial charge in [-0.25, -0.2) is 19.2 Å². The van der Waals surface area contributed by atoms with E-state index < -0.39 is 10.4 Å². The van der Waals surface area contributed by atoms with Crippen LogP contribution in [0.3, 0.4) is 0 Å². The van der Waals surface area contributed by atoms with Gasteiger partial charge in [0, 0.05) is 57.9 Å². The number of nitrogens with zero attached hydrogens (tertiary/aromatic N) is 8. The molecule has 0 saturated heterocycles. The van der Waals surface area contributed by atoms with Crippen LogP contribution in [0.4, 0.5) is 64.7 Å². The van der Waals surface area contributed by atoms with Gasteiger partial charge in [0.1, 0.15) is 0 Å². The van der Waals surface area contributed by atoms with Gasteiger partial charge in [0.25, 0.3) is 0 Å². The van der Waals surface area contributed by atoms with Crippen molar-refractivity contribution in [1.29, 1.82) is 21.0 Å². The van der Waals surface area contributed by atoms with E-state index in [0.717, 1.165) is 0 Å². The first-order chi connectivity index (χ1) is 37.1. The van der Waals surface area contributed by atoms with Gasteiger partial charge >= 0.3 is 41.2 Å². The van der Waals surface area contributed by atoms with E-state index in [-0.39, 0.29) is 41.2 Å². The molecule has 0 fully saturated rings. The van der Waals surface area contributed by atoms with E-state index in [0.29, 0.717) is 67.8 Å². The molecule has 0 aliphatic carbocycles. The molecule has 4 heterocycles. The fraction of sp³-hybridized carbons (Fsp3) is 0. The summed E-state index contributed by atoms with van der Waals surface area (Å²) in [5.74, 6) is 0. The van der Waals surface area contributed by atoms with Gasteiger partial charge in [-0.15, -0.1) is 0 Å². The summed E-state index contributed by atoms with van der Waals surface area (Å²) < 4.78 is 34.1. The molecule has 8 rings (SSSR count). The Morgan fingerprint density at radius 3 is 0.641 bits per heavy atom. The number of pyridine rings is 4. The zero-order chi connectivity index (χ0) is 55.7. The third-order valence-electron chi connectivity index (χ3n) is 8.77. The van der Waals surface area contributed by atoms with E-state index in [1.54, 1.807) is 195 Å². The van der Waals surface area contributed by atoms with Crippen molar-refractivity contribution < 1.29 is 53.8 Å². The average Bonchev–Trinajstić information content (AvgIpc) is 3.43. The summed E-state index contributed by atoms with van der Waals surface area (Å²) in [6, 6.07) is 47.0. The number of aromatic nitrogens is 4. The minimum Gasteiger partial charge on any atom is -0.759 e. The van der Waals surface area contributed by atoms with Crippen molar-refractivity contribution in [1.82, 2.24) is 19.9 Å². The largest absolute Gasteiger partial charge is 2.00 e. The molecule has 4 aromatic heterocycles. The molecule has 8 aromatic rings. The maximum Gasteiger partial charge on any atom is 2.00 e. The van der Waals surface area contributed by atoms with Crippen molar-refractivity contribution in [2.24, 2.45) is 0 Å². The summed E-state index contributed by atoms with van der Waals surface area (Å²) in [5, 5.41) is 55.8. The minimum absolute atomic E-state index is 0. The molecule has 1 radical (unpaired) electrons. The number of amides is 8. The minimum atomic E-state index is -5.17. The van der Waals surface area contributed by atoms with Gasteiger partial charge in [-0.3, -0.25) is 28.4 Å². The smallest absolute Gasteiger partial charge is 0.759 e. The number of hydrogen-bond acceptors (Lipinski definition) is 16. The van der Waals surface area contributed by atoms with E-state index in [2.05, 4.69) is 62.5 Å². The number of nitriles is 4. The fourth-order valence-corrected chi connectivity index (χ4v) is 5.43. The van der Waals surface area contributed by atoms with E-state index >= 15 is 0 Å². The van der Waals surface area contributed by atoms with E-state index in [4.69, 9.17) is 38.6 Å². The second-order valence-corrected chi connectivity index (χ2v) is 15.3. The zero-order valence-corrected chi connectivity index (χ0v) is 41.8. The number of nitrogens with one attached hydrogen (secondary N) is 8. The number of carbonyl (C=O) groups is 4. The van der Waals surface area contributed by atoms with Crippen molar-refractivity contribution in [2.45, 2.75) is 0 Å². The summed E-state index contributed by atoms with van der Waals surface area (Å²) >= 11 is 0. The molecule has 26 heteroatoms. The average molecular weight is 1110 g/mol. The maximum atomic E-state index is 11.6. The molecular formula is C52H40CuN16O8S. The maximum absolute atomic E-state index is 11.6. The number of benzene rings is 4. The first-order valence-electron chi connectivity index (χ1n) is 21.7. The predicted octanol–water partition coefficient (Wildman–Crippen LogP) is 9.05. The Labute approximate surface area is 456 Å². The molecule has 0 aliphatic rings. The van der Waals surface area contributed by atoms with E-state index in [1.165, 1.54) is 0 Å². The Morgan fingerprint density at radius 1 is 0.333 bits per heavy atom. The van der Waals surface area contributed by atoms with Crippen LogP contribution < -0.4 is 42.5 Å². The number of rotatable bonds is 8. The van der Waals surface area contributed by atoms with Crippen LogP contribution in [0.15, 0.2) is 195 Å². The second-order valence-electron chi connectivity index (χ2n) is 14.4. The van der Waals surface area contributed by atoms with Gasteiger partial charge in [0.15, 0.2) is 0 Å². The normalized spacial score (nSPS) is 9.31. The van der Waals surface area contributed by atoms with Crippen LogP contribution >= 0.6 is 0 Å². The Morgan fingerprint density at radius 2 is 0.500 bits per heavy atom. The topological polar surface area (TPSA) is 391 Å². The molecular weight excluding hydrogens is 1070 g/mol. The Hall–Kier alpha value is -11.1. The Bertz CT molecular complexity index is 3000. The number of hydrogen-bond donors (Lipinski definition) is 8. The predicted molar refractivity (Wildman–Crippen MR) is 283 cm³/mol. The van der Waals surface area contributed by atoms with Crippen LogP contribution in [0.25, 0.3) is 0 Å².